The number of hydrogen-bond donors (Lipinski definition) is 1. The second-order valence-electron chi connectivity index (χ2n) is 11.1. The molecule has 0 unspecified atom stereocenters. The lowest BCUT2D eigenvalue weighted by Crippen LogP contribution is -2.47. The molecule has 2 aliphatic carbocycles. The summed E-state index contributed by atoms with van der Waals surface area (Å²) in [7, 11) is 0. The molecule has 34 heavy (non-hydrogen) atoms. The van der Waals surface area contributed by atoms with Gasteiger partial charge in [-0.1, -0.05) is 51.0 Å². The van der Waals surface area contributed by atoms with Crippen LogP contribution in [0.2, 0.25) is 0 Å². The summed E-state index contributed by atoms with van der Waals surface area (Å²) in [6, 6.07) is 4.36. The van der Waals surface area contributed by atoms with Crippen molar-refractivity contribution in [2.45, 2.75) is 73.4 Å². The van der Waals surface area contributed by atoms with Crippen LogP contribution in [0.4, 0.5) is 11.4 Å². The molecule has 1 aliphatic heterocycles. The molecule has 0 spiro atoms. The number of carbonyl (C=O) groups is 1. The van der Waals surface area contributed by atoms with Crippen LogP contribution < -0.4 is 5.32 Å². The molecule has 0 saturated carbocycles. The van der Waals surface area contributed by atoms with Gasteiger partial charge in [-0.25, -0.2) is 5.01 Å². The highest BCUT2D eigenvalue weighted by Gasteiger charge is 2.41. The number of hydrazone groups is 1. The second kappa shape index (κ2) is 8.67. The number of fused-ring (bicyclic) bond motifs is 1. The van der Waals surface area contributed by atoms with E-state index in [-0.39, 0.29) is 28.6 Å². The molecule has 3 aliphatic rings. The molecule has 4 rings (SSSR count). The summed E-state index contributed by atoms with van der Waals surface area (Å²) in [6.07, 6.45) is 9.57. The largest absolute Gasteiger partial charge is 0.363 e. The minimum atomic E-state index is -0.432. The maximum absolute atomic E-state index is 13.5. The quantitative estimate of drug-likeness (QED) is 0.224. The van der Waals surface area contributed by atoms with Gasteiger partial charge in [0.1, 0.15) is 6.17 Å². The zero-order chi connectivity index (χ0) is 24.8. The fourth-order valence-corrected chi connectivity index (χ4v) is 5.46. The van der Waals surface area contributed by atoms with Gasteiger partial charge in [0.2, 0.25) is 0 Å². The minimum absolute atomic E-state index is 0.0279. The standard InChI is InChI=1S/C27H36N4O3/c1-17-7-9-19(26(17,3)4)13-14-28-30-24(15-20-10-8-18(2)27(20,5)6)29-23-16-21(31(33)34)11-12-22(23)25(30)32/h7-8,11-12,14,16,19-20,24,29H,9-10,13,15H2,1-6H3/b28-14-/t19-,20-,24+/m1/s1. The summed E-state index contributed by atoms with van der Waals surface area (Å²) in [4.78, 5) is 24.4. The number of non-ortho nitro benzene ring substituents is 1. The minimum Gasteiger partial charge on any atom is -0.363 e. The summed E-state index contributed by atoms with van der Waals surface area (Å²) in [6.45, 7) is 13.4. The highest BCUT2D eigenvalue weighted by Crippen LogP contribution is 2.47. The third kappa shape index (κ3) is 4.17. The van der Waals surface area contributed by atoms with Crippen molar-refractivity contribution < 1.29 is 9.72 Å². The van der Waals surface area contributed by atoms with Crippen LogP contribution >= 0.6 is 0 Å². The summed E-state index contributed by atoms with van der Waals surface area (Å²) in [5, 5.41) is 21.0. The highest BCUT2D eigenvalue weighted by atomic mass is 16.6. The van der Waals surface area contributed by atoms with Crippen molar-refractivity contribution in [2.24, 2.45) is 27.8 Å². The van der Waals surface area contributed by atoms with E-state index < -0.39 is 4.92 Å². The van der Waals surface area contributed by atoms with Crippen LogP contribution in [0, 0.1) is 32.8 Å². The van der Waals surface area contributed by atoms with Gasteiger partial charge >= 0.3 is 0 Å². The average Bonchev–Trinajstić information content (AvgIpc) is 3.18. The molecule has 7 heteroatoms. The number of amides is 1. The van der Waals surface area contributed by atoms with Crippen LogP contribution in [0.25, 0.3) is 0 Å². The lowest BCUT2D eigenvalue weighted by atomic mass is 9.75. The molecule has 7 nitrogen and oxygen atoms in total. The molecule has 3 atom stereocenters. The topological polar surface area (TPSA) is 87.8 Å². The van der Waals surface area contributed by atoms with Crippen molar-refractivity contribution in [1.82, 2.24) is 5.01 Å². The zero-order valence-corrected chi connectivity index (χ0v) is 21.1. The Morgan fingerprint density at radius 3 is 2.29 bits per heavy atom. The first-order chi connectivity index (χ1) is 15.9. The number of nitrogens with zero attached hydrogens (tertiary/aromatic N) is 3. The fourth-order valence-electron chi connectivity index (χ4n) is 5.46. The molecular weight excluding hydrogens is 428 g/mol. The monoisotopic (exact) mass is 464 g/mol. The first-order valence-corrected chi connectivity index (χ1v) is 12.2. The Labute approximate surface area is 202 Å². The van der Waals surface area contributed by atoms with E-state index in [1.54, 1.807) is 5.01 Å². The Balaban J connectivity index is 1.60. The van der Waals surface area contributed by atoms with Gasteiger partial charge in [-0.05, 0) is 68.3 Å². The molecule has 0 aromatic heterocycles. The van der Waals surface area contributed by atoms with Crippen LogP contribution in [-0.4, -0.2) is 28.2 Å². The third-order valence-corrected chi connectivity index (χ3v) is 8.86. The molecule has 1 aromatic rings. The second-order valence-corrected chi connectivity index (χ2v) is 11.1. The summed E-state index contributed by atoms with van der Waals surface area (Å²) in [5.41, 5.74) is 3.81. The van der Waals surface area contributed by atoms with Crippen molar-refractivity contribution in [2.75, 3.05) is 5.32 Å². The normalized spacial score (nSPS) is 27.4. The Bertz CT molecular complexity index is 1100. The lowest BCUT2D eigenvalue weighted by Gasteiger charge is -2.39. The van der Waals surface area contributed by atoms with Crippen molar-refractivity contribution in [1.29, 1.82) is 0 Å². The zero-order valence-electron chi connectivity index (χ0n) is 21.1. The number of hydrogen-bond acceptors (Lipinski definition) is 5. The molecule has 1 heterocycles. The van der Waals surface area contributed by atoms with Gasteiger partial charge in [0, 0.05) is 18.3 Å². The Kier molecular flexibility index (Phi) is 6.17. The van der Waals surface area contributed by atoms with Crippen LogP contribution in [0.1, 0.15) is 77.6 Å². The maximum atomic E-state index is 13.5. The van der Waals surface area contributed by atoms with E-state index in [1.165, 1.54) is 29.3 Å². The van der Waals surface area contributed by atoms with Gasteiger partial charge in [-0.2, -0.15) is 5.10 Å². The first kappa shape index (κ1) is 24.2. The van der Waals surface area contributed by atoms with E-state index in [4.69, 9.17) is 0 Å². The van der Waals surface area contributed by atoms with E-state index in [0.29, 0.717) is 29.5 Å². The van der Waals surface area contributed by atoms with Crippen molar-refractivity contribution in [3.63, 3.8) is 0 Å². The van der Waals surface area contributed by atoms with E-state index in [9.17, 15) is 14.9 Å². The number of rotatable bonds is 6. The molecule has 182 valence electrons. The molecule has 0 bridgehead atoms. The van der Waals surface area contributed by atoms with Gasteiger partial charge in [0.15, 0.2) is 0 Å². The van der Waals surface area contributed by atoms with E-state index in [2.05, 4.69) is 64.1 Å². The third-order valence-electron chi connectivity index (χ3n) is 8.86. The van der Waals surface area contributed by atoms with Crippen molar-refractivity contribution in [3.05, 3.63) is 57.2 Å². The van der Waals surface area contributed by atoms with Gasteiger partial charge in [0.05, 0.1) is 16.2 Å². The average molecular weight is 465 g/mol. The van der Waals surface area contributed by atoms with Crippen LogP contribution in [0.15, 0.2) is 46.6 Å². The molecular formula is C27H36N4O3. The molecule has 1 aromatic carbocycles. The van der Waals surface area contributed by atoms with Crippen molar-refractivity contribution >= 4 is 23.5 Å². The van der Waals surface area contributed by atoms with Gasteiger partial charge in [-0.3, -0.25) is 14.9 Å². The first-order valence-electron chi connectivity index (χ1n) is 12.2. The van der Waals surface area contributed by atoms with Crippen LogP contribution in [0.3, 0.4) is 0 Å². The smallest absolute Gasteiger partial charge is 0.278 e. The molecule has 0 saturated heterocycles. The predicted molar refractivity (Wildman–Crippen MR) is 136 cm³/mol. The van der Waals surface area contributed by atoms with E-state index >= 15 is 0 Å². The van der Waals surface area contributed by atoms with Gasteiger partial charge < -0.3 is 5.32 Å². The Hall–Kier alpha value is -2.96. The number of allylic oxidation sites excluding steroid dienone is 4. The van der Waals surface area contributed by atoms with Crippen molar-refractivity contribution in [3.8, 4) is 0 Å². The summed E-state index contributed by atoms with van der Waals surface area (Å²) in [5.74, 6) is 0.583. The SMILES string of the molecule is CC1=CC[C@H](C/C=N\N2C(=O)c3ccc([N+](=O)[O-])cc3N[C@@H]2C[C@H]2CC=C(C)C2(C)C)C1(C)C. The van der Waals surface area contributed by atoms with E-state index in [0.717, 1.165) is 19.3 Å². The number of benzene rings is 1. The van der Waals surface area contributed by atoms with Gasteiger partial charge in [-0.15, -0.1) is 0 Å². The lowest BCUT2D eigenvalue weighted by molar-refractivity contribution is -0.384. The number of anilines is 1. The number of nitro groups is 1. The van der Waals surface area contributed by atoms with Gasteiger partial charge in [0.25, 0.3) is 11.6 Å². The number of carbonyl (C=O) groups excluding carboxylic acids is 1. The number of nitrogens with one attached hydrogen (secondary N) is 1. The molecule has 0 fully saturated rings. The van der Waals surface area contributed by atoms with Crippen LogP contribution in [-0.2, 0) is 0 Å². The Morgan fingerprint density at radius 1 is 1.12 bits per heavy atom. The molecule has 1 amide bonds. The van der Waals surface area contributed by atoms with E-state index in [1.807, 2.05) is 6.21 Å². The molecule has 0 radical (unpaired) electrons. The summed E-state index contributed by atoms with van der Waals surface area (Å²) >= 11 is 0. The maximum Gasteiger partial charge on any atom is 0.278 e. The Morgan fingerprint density at radius 2 is 1.74 bits per heavy atom. The number of nitro benzene ring substituents is 1. The van der Waals surface area contributed by atoms with Crippen LogP contribution in [0.5, 0.6) is 0 Å². The fraction of sp³-hybridized carbons (Fsp3) is 0.556. The molecule has 1 N–H and O–H groups in total. The predicted octanol–water partition coefficient (Wildman–Crippen LogP) is 6.54. The summed E-state index contributed by atoms with van der Waals surface area (Å²) < 4.78 is 0. The highest BCUT2D eigenvalue weighted by molar-refractivity contribution is 6.02.